The van der Waals surface area contributed by atoms with Crippen LogP contribution < -0.4 is 5.73 Å². The van der Waals surface area contributed by atoms with Crippen LogP contribution >= 0.6 is 23.4 Å². The van der Waals surface area contributed by atoms with Crippen LogP contribution in [0.25, 0.3) is 0 Å². The SMILES string of the molecule is Nc1nc(SCc2cc(Cl)ccc2F)n[nH]1. The van der Waals surface area contributed by atoms with E-state index in [0.717, 1.165) is 0 Å². The van der Waals surface area contributed by atoms with Gasteiger partial charge in [0.2, 0.25) is 11.1 Å². The van der Waals surface area contributed by atoms with Crippen LogP contribution in [-0.4, -0.2) is 15.2 Å². The van der Waals surface area contributed by atoms with Gasteiger partial charge in [-0.3, -0.25) is 0 Å². The van der Waals surface area contributed by atoms with E-state index >= 15 is 0 Å². The molecule has 0 aliphatic rings. The first-order valence-electron chi connectivity index (χ1n) is 4.40. The van der Waals surface area contributed by atoms with Gasteiger partial charge in [0, 0.05) is 10.8 Å². The molecule has 0 saturated heterocycles. The molecule has 0 amide bonds. The second-order valence-electron chi connectivity index (χ2n) is 3.03. The van der Waals surface area contributed by atoms with Crippen molar-refractivity contribution in [3.63, 3.8) is 0 Å². The Morgan fingerprint density at radius 1 is 1.50 bits per heavy atom. The van der Waals surface area contributed by atoms with E-state index in [4.69, 9.17) is 17.3 Å². The molecular formula is C9H8ClFN4S. The molecule has 1 aromatic carbocycles. The zero-order valence-corrected chi connectivity index (χ0v) is 9.65. The number of hydrogen-bond donors (Lipinski definition) is 2. The lowest BCUT2D eigenvalue weighted by Crippen LogP contribution is -1.88. The van der Waals surface area contributed by atoms with Crippen LogP contribution in [0.4, 0.5) is 10.3 Å². The molecule has 2 aromatic rings. The molecule has 0 atom stereocenters. The van der Waals surface area contributed by atoms with E-state index in [1.165, 1.54) is 23.9 Å². The number of halogens is 2. The lowest BCUT2D eigenvalue weighted by Gasteiger charge is -2.01. The highest BCUT2D eigenvalue weighted by atomic mass is 35.5. The van der Waals surface area contributed by atoms with Gasteiger partial charge in [-0.2, -0.15) is 4.98 Å². The van der Waals surface area contributed by atoms with E-state index in [9.17, 15) is 4.39 Å². The Bertz CT molecular complexity index is 502. The van der Waals surface area contributed by atoms with Crippen molar-refractivity contribution in [2.75, 3.05) is 5.73 Å². The van der Waals surface area contributed by atoms with E-state index in [2.05, 4.69) is 15.2 Å². The van der Waals surface area contributed by atoms with Crippen molar-refractivity contribution in [1.29, 1.82) is 0 Å². The van der Waals surface area contributed by atoms with Crippen LogP contribution in [0.5, 0.6) is 0 Å². The summed E-state index contributed by atoms with van der Waals surface area (Å²) in [4.78, 5) is 3.90. The van der Waals surface area contributed by atoms with Gasteiger partial charge >= 0.3 is 0 Å². The van der Waals surface area contributed by atoms with Crippen LogP contribution in [0.15, 0.2) is 23.4 Å². The van der Waals surface area contributed by atoms with Gasteiger partial charge in [-0.1, -0.05) is 23.4 Å². The summed E-state index contributed by atoms with van der Waals surface area (Å²) in [5.74, 6) is 0.360. The van der Waals surface area contributed by atoms with Gasteiger partial charge in [-0.25, -0.2) is 9.49 Å². The number of nitrogens with zero attached hydrogens (tertiary/aromatic N) is 2. The average molecular weight is 259 g/mol. The summed E-state index contributed by atoms with van der Waals surface area (Å²) in [6.45, 7) is 0. The summed E-state index contributed by atoms with van der Waals surface area (Å²) < 4.78 is 13.3. The number of nitrogens with one attached hydrogen (secondary N) is 1. The van der Waals surface area contributed by atoms with Crippen molar-refractivity contribution >= 4 is 29.3 Å². The van der Waals surface area contributed by atoms with Crippen molar-refractivity contribution in [2.45, 2.75) is 10.9 Å². The molecule has 0 aliphatic heterocycles. The lowest BCUT2D eigenvalue weighted by molar-refractivity contribution is 0.617. The van der Waals surface area contributed by atoms with Crippen molar-refractivity contribution in [2.24, 2.45) is 0 Å². The fourth-order valence-electron chi connectivity index (χ4n) is 1.12. The Hall–Kier alpha value is -1.27. The number of anilines is 1. The molecule has 0 radical (unpaired) electrons. The fourth-order valence-corrected chi connectivity index (χ4v) is 2.09. The topological polar surface area (TPSA) is 67.6 Å². The van der Waals surface area contributed by atoms with E-state index in [1.807, 2.05) is 0 Å². The number of thioether (sulfide) groups is 1. The number of hydrogen-bond acceptors (Lipinski definition) is 4. The first kappa shape index (κ1) is 11.2. The molecule has 1 heterocycles. The summed E-state index contributed by atoms with van der Waals surface area (Å²) in [6.07, 6.45) is 0. The molecule has 7 heteroatoms. The number of benzene rings is 1. The lowest BCUT2D eigenvalue weighted by atomic mass is 10.2. The summed E-state index contributed by atoms with van der Waals surface area (Å²) in [5.41, 5.74) is 5.88. The Morgan fingerprint density at radius 3 is 3.00 bits per heavy atom. The zero-order chi connectivity index (χ0) is 11.5. The molecular weight excluding hydrogens is 251 g/mol. The standard InChI is InChI=1S/C9H8ClFN4S/c10-6-1-2-7(11)5(3-6)4-16-9-13-8(12)14-15-9/h1-3H,4H2,(H3,12,13,14,15). The fraction of sp³-hybridized carbons (Fsp3) is 0.111. The molecule has 3 N–H and O–H groups in total. The smallest absolute Gasteiger partial charge is 0.216 e. The largest absolute Gasteiger partial charge is 0.368 e. The third-order valence-corrected chi connectivity index (χ3v) is 2.98. The first-order chi connectivity index (χ1) is 7.65. The minimum atomic E-state index is -0.291. The quantitative estimate of drug-likeness (QED) is 0.830. The van der Waals surface area contributed by atoms with E-state index in [-0.39, 0.29) is 11.8 Å². The minimum Gasteiger partial charge on any atom is -0.368 e. The van der Waals surface area contributed by atoms with Gasteiger partial charge in [-0.05, 0) is 23.8 Å². The van der Waals surface area contributed by atoms with E-state index in [1.54, 1.807) is 6.07 Å². The average Bonchev–Trinajstić information content (AvgIpc) is 2.66. The first-order valence-corrected chi connectivity index (χ1v) is 5.76. The van der Waals surface area contributed by atoms with Crippen LogP contribution in [0, 0.1) is 5.82 Å². The maximum atomic E-state index is 13.3. The molecule has 16 heavy (non-hydrogen) atoms. The van der Waals surface area contributed by atoms with Crippen molar-refractivity contribution in [3.05, 3.63) is 34.6 Å². The summed E-state index contributed by atoms with van der Waals surface area (Å²) in [7, 11) is 0. The molecule has 2 rings (SSSR count). The normalized spacial score (nSPS) is 10.6. The summed E-state index contributed by atoms with van der Waals surface area (Å²) >= 11 is 7.05. The number of H-pyrrole nitrogens is 1. The molecule has 0 fully saturated rings. The molecule has 84 valence electrons. The molecule has 0 aliphatic carbocycles. The minimum absolute atomic E-state index is 0.245. The van der Waals surface area contributed by atoms with Gasteiger partial charge < -0.3 is 5.73 Å². The van der Waals surface area contributed by atoms with E-state index < -0.39 is 0 Å². The Balaban J connectivity index is 2.07. The van der Waals surface area contributed by atoms with Crippen molar-refractivity contribution in [3.8, 4) is 0 Å². The predicted molar refractivity (Wildman–Crippen MR) is 61.8 cm³/mol. The Kier molecular flexibility index (Phi) is 3.31. The van der Waals surface area contributed by atoms with E-state index in [0.29, 0.717) is 21.5 Å². The van der Waals surface area contributed by atoms with Gasteiger partial charge in [0.1, 0.15) is 5.82 Å². The third kappa shape index (κ3) is 2.65. The van der Waals surface area contributed by atoms with Crippen LogP contribution in [0.2, 0.25) is 5.02 Å². The Labute approximate surface area is 100 Å². The molecule has 4 nitrogen and oxygen atoms in total. The number of nitrogens with two attached hydrogens (primary N) is 1. The maximum absolute atomic E-state index is 13.3. The van der Waals surface area contributed by atoms with Gasteiger partial charge in [0.05, 0.1) is 0 Å². The maximum Gasteiger partial charge on any atom is 0.216 e. The second-order valence-corrected chi connectivity index (χ2v) is 4.41. The van der Waals surface area contributed by atoms with Crippen molar-refractivity contribution in [1.82, 2.24) is 15.2 Å². The summed E-state index contributed by atoms with van der Waals surface area (Å²) in [5, 5.41) is 7.33. The van der Waals surface area contributed by atoms with Crippen molar-refractivity contribution < 1.29 is 4.39 Å². The number of nitrogen functional groups attached to an aromatic ring is 1. The number of aromatic amines is 1. The highest BCUT2D eigenvalue weighted by Crippen LogP contribution is 2.23. The third-order valence-electron chi connectivity index (χ3n) is 1.85. The monoisotopic (exact) mass is 258 g/mol. The molecule has 0 unspecified atom stereocenters. The van der Waals surface area contributed by atoms with Gasteiger partial charge in [0.15, 0.2) is 0 Å². The second kappa shape index (κ2) is 4.71. The van der Waals surface area contributed by atoms with Crippen LogP contribution in [0.3, 0.4) is 0 Å². The van der Waals surface area contributed by atoms with Crippen LogP contribution in [0.1, 0.15) is 5.56 Å². The summed E-state index contributed by atoms with van der Waals surface area (Å²) in [6, 6.07) is 4.43. The highest BCUT2D eigenvalue weighted by Gasteiger charge is 2.06. The van der Waals surface area contributed by atoms with Crippen LogP contribution in [-0.2, 0) is 5.75 Å². The molecule has 0 bridgehead atoms. The zero-order valence-electron chi connectivity index (χ0n) is 8.08. The molecule has 0 spiro atoms. The number of aromatic nitrogens is 3. The van der Waals surface area contributed by atoms with Gasteiger partial charge in [-0.15, -0.1) is 5.10 Å². The number of rotatable bonds is 3. The molecule has 0 saturated carbocycles. The molecule has 1 aromatic heterocycles. The predicted octanol–water partition coefficient (Wildman–Crippen LogP) is 2.47. The Morgan fingerprint density at radius 2 is 2.31 bits per heavy atom. The highest BCUT2D eigenvalue weighted by molar-refractivity contribution is 7.98. The van der Waals surface area contributed by atoms with Gasteiger partial charge in [0.25, 0.3) is 0 Å².